The minimum absolute atomic E-state index is 0.834. The second-order valence-corrected chi connectivity index (χ2v) is 6.66. The van der Waals surface area contributed by atoms with Crippen LogP contribution in [-0.2, 0) is 0 Å². The van der Waals surface area contributed by atoms with E-state index in [4.69, 9.17) is 9.72 Å². The van der Waals surface area contributed by atoms with Crippen LogP contribution in [0.5, 0.6) is 5.75 Å². The number of rotatable bonds is 7. The van der Waals surface area contributed by atoms with E-state index in [1.54, 1.807) is 7.11 Å². The van der Waals surface area contributed by atoms with Crippen molar-refractivity contribution in [2.24, 2.45) is 0 Å². The molecule has 0 radical (unpaired) electrons. The third-order valence-corrected chi connectivity index (χ3v) is 4.87. The Morgan fingerprint density at radius 3 is 2.38 bits per heavy atom. The summed E-state index contributed by atoms with van der Waals surface area (Å²) in [6, 6.07) is 10.3. The molecule has 26 heavy (non-hydrogen) atoms. The summed E-state index contributed by atoms with van der Waals surface area (Å²) in [5.41, 5.74) is 1.24. The number of ether oxygens (including phenoxy) is 1. The third-order valence-electron chi connectivity index (χ3n) is 4.87. The fourth-order valence-corrected chi connectivity index (χ4v) is 3.17. The molecule has 0 unspecified atom stereocenters. The summed E-state index contributed by atoms with van der Waals surface area (Å²) in [6.45, 7) is 7.01. The van der Waals surface area contributed by atoms with Gasteiger partial charge in [-0.05, 0) is 36.8 Å². The molecule has 1 aromatic carbocycles. The molecule has 6 nitrogen and oxygen atoms in total. The van der Waals surface area contributed by atoms with Gasteiger partial charge in [0.2, 0.25) is 5.95 Å². The molecule has 1 fully saturated rings. The van der Waals surface area contributed by atoms with Gasteiger partial charge in [-0.25, -0.2) is 4.98 Å². The lowest BCUT2D eigenvalue weighted by Crippen LogP contribution is -2.47. The van der Waals surface area contributed by atoms with Gasteiger partial charge in [0.1, 0.15) is 11.6 Å². The summed E-state index contributed by atoms with van der Waals surface area (Å²) < 4.78 is 5.24. The van der Waals surface area contributed by atoms with E-state index < -0.39 is 0 Å². The van der Waals surface area contributed by atoms with Gasteiger partial charge in [-0.3, -0.25) is 0 Å². The van der Waals surface area contributed by atoms with Crippen LogP contribution in [0.25, 0.3) is 0 Å². The molecule has 0 spiro atoms. The van der Waals surface area contributed by atoms with Crippen LogP contribution in [0.4, 0.5) is 17.5 Å². The number of hydrogen-bond acceptors (Lipinski definition) is 6. The van der Waals surface area contributed by atoms with Crippen molar-refractivity contribution in [1.82, 2.24) is 9.97 Å². The topological polar surface area (TPSA) is 44.7 Å². The number of piperazine rings is 1. The molecule has 0 N–H and O–H groups in total. The smallest absolute Gasteiger partial charge is 0.227 e. The average Bonchev–Trinajstić information content (AvgIpc) is 2.72. The fourth-order valence-electron chi connectivity index (χ4n) is 3.17. The Hall–Kier alpha value is -2.50. The van der Waals surface area contributed by atoms with Crippen LogP contribution in [0, 0.1) is 0 Å². The van der Waals surface area contributed by atoms with Crippen LogP contribution in [-0.4, -0.2) is 56.8 Å². The van der Waals surface area contributed by atoms with Gasteiger partial charge in [0, 0.05) is 51.7 Å². The van der Waals surface area contributed by atoms with E-state index in [2.05, 4.69) is 45.8 Å². The molecule has 1 aliphatic heterocycles. The number of methoxy groups -OCH3 is 1. The predicted molar refractivity (Wildman–Crippen MR) is 108 cm³/mol. The number of hydrogen-bond donors (Lipinski definition) is 0. The van der Waals surface area contributed by atoms with Crippen molar-refractivity contribution in [3.63, 3.8) is 0 Å². The minimum Gasteiger partial charge on any atom is -0.497 e. The molecule has 0 amide bonds. The lowest BCUT2D eigenvalue weighted by atomic mass is 10.2. The Kier molecular flexibility index (Phi) is 6.15. The monoisotopic (exact) mass is 355 g/mol. The molecule has 140 valence electrons. The predicted octanol–water partition coefficient (Wildman–Crippen LogP) is 3.05. The molecule has 1 aromatic heterocycles. The highest BCUT2D eigenvalue weighted by molar-refractivity contribution is 5.51. The van der Waals surface area contributed by atoms with Crippen molar-refractivity contribution in [3.8, 4) is 5.75 Å². The van der Waals surface area contributed by atoms with E-state index in [9.17, 15) is 0 Å². The number of unbranched alkanes of at least 4 members (excludes halogenated alkanes) is 1. The Morgan fingerprint density at radius 2 is 1.73 bits per heavy atom. The number of benzene rings is 1. The van der Waals surface area contributed by atoms with Crippen molar-refractivity contribution in [2.45, 2.75) is 19.8 Å². The number of anilines is 3. The summed E-state index contributed by atoms with van der Waals surface area (Å²) in [4.78, 5) is 16.2. The highest BCUT2D eigenvalue weighted by atomic mass is 16.5. The zero-order valence-electron chi connectivity index (χ0n) is 16.1. The SMILES string of the molecule is CCCCN(C)c1ccnc(N2CCN(c3ccc(OC)cc3)CC2)n1. The summed E-state index contributed by atoms with van der Waals surface area (Å²) in [5.74, 6) is 2.73. The first-order valence-electron chi connectivity index (χ1n) is 9.39. The maximum absolute atomic E-state index is 5.24. The Labute approximate surface area is 156 Å². The molecule has 2 heterocycles. The zero-order chi connectivity index (χ0) is 18.4. The maximum Gasteiger partial charge on any atom is 0.227 e. The molecular weight excluding hydrogens is 326 g/mol. The first-order valence-corrected chi connectivity index (χ1v) is 9.39. The molecule has 1 saturated heterocycles. The largest absolute Gasteiger partial charge is 0.497 e. The standard InChI is InChI=1S/C20H29N5O/c1-4-5-12-23(2)19-10-11-21-20(22-19)25-15-13-24(14-16-25)17-6-8-18(26-3)9-7-17/h6-11H,4-5,12-16H2,1-3H3. The quantitative estimate of drug-likeness (QED) is 0.761. The molecule has 2 aromatic rings. The van der Waals surface area contributed by atoms with E-state index >= 15 is 0 Å². The number of aromatic nitrogens is 2. The van der Waals surface area contributed by atoms with Crippen LogP contribution < -0.4 is 19.4 Å². The lowest BCUT2D eigenvalue weighted by Gasteiger charge is -2.36. The lowest BCUT2D eigenvalue weighted by molar-refractivity contribution is 0.415. The molecule has 0 atom stereocenters. The van der Waals surface area contributed by atoms with Crippen molar-refractivity contribution in [1.29, 1.82) is 0 Å². The van der Waals surface area contributed by atoms with E-state index in [0.29, 0.717) is 0 Å². The summed E-state index contributed by atoms with van der Waals surface area (Å²) >= 11 is 0. The first kappa shape index (κ1) is 18.3. The summed E-state index contributed by atoms with van der Waals surface area (Å²) in [7, 11) is 3.80. The fraction of sp³-hybridized carbons (Fsp3) is 0.500. The first-order chi connectivity index (χ1) is 12.7. The van der Waals surface area contributed by atoms with Crippen LogP contribution in [0.1, 0.15) is 19.8 Å². The Balaban J connectivity index is 1.60. The van der Waals surface area contributed by atoms with Crippen LogP contribution in [0.2, 0.25) is 0 Å². The summed E-state index contributed by atoms with van der Waals surface area (Å²) in [6.07, 6.45) is 4.24. The molecule has 0 aliphatic carbocycles. The molecule has 3 rings (SSSR count). The van der Waals surface area contributed by atoms with Gasteiger partial charge in [-0.2, -0.15) is 4.98 Å². The molecule has 0 bridgehead atoms. The van der Waals surface area contributed by atoms with Gasteiger partial charge in [-0.1, -0.05) is 13.3 Å². The second-order valence-electron chi connectivity index (χ2n) is 6.66. The van der Waals surface area contributed by atoms with Crippen molar-refractivity contribution in [3.05, 3.63) is 36.5 Å². The molecular formula is C20H29N5O. The van der Waals surface area contributed by atoms with Gasteiger partial charge in [0.05, 0.1) is 7.11 Å². The normalized spacial score (nSPS) is 14.4. The minimum atomic E-state index is 0.834. The van der Waals surface area contributed by atoms with Crippen LogP contribution in [0.15, 0.2) is 36.5 Å². The summed E-state index contributed by atoms with van der Waals surface area (Å²) in [5, 5.41) is 0. The third kappa shape index (κ3) is 4.36. The highest BCUT2D eigenvalue weighted by Crippen LogP contribution is 2.22. The zero-order valence-corrected chi connectivity index (χ0v) is 16.1. The van der Waals surface area contributed by atoms with E-state index in [-0.39, 0.29) is 0 Å². The Morgan fingerprint density at radius 1 is 1.04 bits per heavy atom. The molecule has 6 heteroatoms. The van der Waals surface area contributed by atoms with Crippen LogP contribution >= 0.6 is 0 Å². The Bertz CT molecular complexity index is 683. The van der Waals surface area contributed by atoms with Crippen molar-refractivity contribution in [2.75, 3.05) is 61.6 Å². The second kappa shape index (κ2) is 8.74. The van der Waals surface area contributed by atoms with E-state index in [1.165, 1.54) is 18.5 Å². The van der Waals surface area contributed by atoms with Gasteiger partial charge in [0.15, 0.2) is 0 Å². The molecule has 1 aliphatic rings. The van der Waals surface area contributed by atoms with Crippen molar-refractivity contribution >= 4 is 17.5 Å². The molecule has 0 saturated carbocycles. The van der Waals surface area contributed by atoms with Gasteiger partial charge in [0.25, 0.3) is 0 Å². The van der Waals surface area contributed by atoms with E-state index in [0.717, 1.165) is 50.2 Å². The van der Waals surface area contributed by atoms with Crippen LogP contribution in [0.3, 0.4) is 0 Å². The maximum atomic E-state index is 5.24. The highest BCUT2D eigenvalue weighted by Gasteiger charge is 2.20. The van der Waals surface area contributed by atoms with E-state index in [1.807, 2.05) is 24.4 Å². The van der Waals surface area contributed by atoms with Gasteiger partial charge in [-0.15, -0.1) is 0 Å². The average molecular weight is 355 g/mol. The number of nitrogens with zero attached hydrogens (tertiary/aromatic N) is 5. The van der Waals surface area contributed by atoms with Gasteiger partial charge >= 0.3 is 0 Å². The van der Waals surface area contributed by atoms with Crippen molar-refractivity contribution < 1.29 is 4.74 Å². The van der Waals surface area contributed by atoms with Gasteiger partial charge < -0.3 is 19.4 Å².